The lowest BCUT2D eigenvalue weighted by Gasteiger charge is -2.21. The third kappa shape index (κ3) is 72.3. The Morgan fingerprint density at radius 3 is 0.859 bits per heavy atom. The van der Waals surface area contributed by atoms with E-state index in [-0.39, 0.29) is 25.7 Å². The summed E-state index contributed by atoms with van der Waals surface area (Å²) in [6, 6.07) is 0. The van der Waals surface area contributed by atoms with Crippen molar-refractivity contribution in [1.29, 1.82) is 0 Å². The highest BCUT2D eigenvalue weighted by Gasteiger charge is 2.30. The van der Waals surface area contributed by atoms with Crippen LogP contribution in [-0.2, 0) is 65.4 Å². The van der Waals surface area contributed by atoms with Crippen molar-refractivity contribution >= 4 is 39.5 Å². The van der Waals surface area contributed by atoms with Crippen LogP contribution >= 0.6 is 15.6 Å². The van der Waals surface area contributed by atoms with Crippen LogP contribution in [0.3, 0.4) is 0 Å². The zero-order valence-electron chi connectivity index (χ0n) is 64.1. The van der Waals surface area contributed by atoms with Gasteiger partial charge >= 0.3 is 39.5 Å². The second kappa shape index (κ2) is 72.5. The Hall–Kier alpha value is -2.46. The van der Waals surface area contributed by atoms with Gasteiger partial charge < -0.3 is 33.8 Å². The van der Waals surface area contributed by atoms with E-state index in [1.807, 2.05) is 0 Å². The second-order valence-electron chi connectivity index (χ2n) is 28.4. The molecule has 0 aromatic rings. The molecule has 584 valence electrons. The van der Waals surface area contributed by atoms with Crippen molar-refractivity contribution in [2.24, 2.45) is 5.92 Å². The Morgan fingerprint density at radius 2 is 0.566 bits per heavy atom. The van der Waals surface area contributed by atoms with Gasteiger partial charge in [-0.1, -0.05) is 348 Å². The van der Waals surface area contributed by atoms with E-state index >= 15 is 0 Å². The maximum atomic E-state index is 13.1. The smallest absolute Gasteiger partial charge is 0.462 e. The number of esters is 4. The summed E-state index contributed by atoms with van der Waals surface area (Å²) in [6.45, 7) is 7.20. The van der Waals surface area contributed by atoms with Crippen LogP contribution < -0.4 is 0 Å². The molecule has 0 aliphatic carbocycles. The van der Waals surface area contributed by atoms with E-state index in [2.05, 4.69) is 58.9 Å². The Morgan fingerprint density at radius 1 is 0.323 bits per heavy atom. The quantitative estimate of drug-likeness (QED) is 0.0169. The SMILES string of the molecule is CCCCCC/C=C\C=C/CCCCCCCC(=O)OC[C@H](COP(=O)(O)OC[C@@H](O)COP(=O)(O)OC[C@@H](COC(=O)CCCCCCCCC(C)CC)OC(=O)CCCCCCCCCCCCCC)OC(=O)CCCCCCCCCCCCCCCCCCCCCCCC. The second-order valence-corrected chi connectivity index (χ2v) is 31.3. The molecule has 0 aromatic carbocycles. The van der Waals surface area contributed by atoms with E-state index in [1.54, 1.807) is 0 Å². The number of unbranched alkanes of at least 4 members (excludes halogenated alkanes) is 46. The van der Waals surface area contributed by atoms with Crippen molar-refractivity contribution in [1.82, 2.24) is 0 Å². The number of hydrogen-bond acceptors (Lipinski definition) is 15. The number of allylic oxidation sites excluding steroid dienone is 4. The van der Waals surface area contributed by atoms with Crippen LogP contribution in [0.15, 0.2) is 24.3 Å². The normalized spacial score (nSPS) is 14.3. The van der Waals surface area contributed by atoms with Gasteiger partial charge in [0.25, 0.3) is 0 Å². The van der Waals surface area contributed by atoms with Crippen LogP contribution in [0.25, 0.3) is 0 Å². The molecule has 0 amide bonds. The lowest BCUT2D eigenvalue weighted by Crippen LogP contribution is -2.30. The molecule has 3 unspecified atom stereocenters. The molecule has 17 nitrogen and oxygen atoms in total. The maximum Gasteiger partial charge on any atom is 0.472 e. The first-order chi connectivity index (χ1) is 48.1. The fraction of sp³-hybridized carbons (Fsp3) is 0.900. The van der Waals surface area contributed by atoms with Gasteiger partial charge in [-0.25, -0.2) is 9.13 Å². The molecular formula is C80H152O17P2. The van der Waals surface area contributed by atoms with Crippen LogP contribution in [0.1, 0.15) is 401 Å². The highest BCUT2D eigenvalue weighted by Crippen LogP contribution is 2.45. The van der Waals surface area contributed by atoms with Crippen molar-refractivity contribution in [3.8, 4) is 0 Å². The molecule has 19 heteroatoms. The standard InChI is InChI=1S/C80H152O17P2/c1-6-10-13-16-19-22-25-28-30-31-32-33-34-35-36-38-40-43-46-49-56-61-66-80(85)96-75(69-90-77(82)63-58-53-47-44-42-39-37-29-26-23-20-17-14-11-7-2)71-94-98(86,87)92-67-74(81)68-93-99(88,89)95-72-76(70-91-78(83)64-59-54-51-50-52-57-62-73(5)9-4)97-79(84)65-60-55-48-45-41-27-24-21-18-15-12-8-3/h23,26,29,37,73-76,81H,6-22,24-25,27-28,30-36,38-72H2,1-5H3,(H,86,87)(H,88,89)/b26-23-,37-29-/t73?,74-,75-,76-/m1/s1. The predicted molar refractivity (Wildman–Crippen MR) is 404 cm³/mol. The zero-order chi connectivity index (χ0) is 72.7. The summed E-state index contributed by atoms with van der Waals surface area (Å²) < 4.78 is 68.6. The molecule has 0 aliphatic heterocycles. The molecule has 0 aliphatic rings. The van der Waals surface area contributed by atoms with Gasteiger partial charge in [-0.3, -0.25) is 37.3 Å². The highest BCUT2D eigenvalue weighted by molar-refractivity contribution is 7.47. The summed E-state index contributed by atoms with van der Waals surface area (Å²) in [5.74, 6) is -1.41. The third-order valence-corrected chi connectivity index (χ3v) is 20.4. The summed E-state index contributed by atoms with van der Waals surface area (Å²) in [5.41, 5.74) is 0. The molecule has 0 rings (SSSR count). The van der Waals surface area contributed by atoms with Crippen molar-refractivity contribution < 1.29 is 80.2 Å². The molecule has 0 saturated carbocycles. The van der Waals surface area contributed by atoms with Gasteiger partial charge in [0.15, 0.2) is 12.2 Å². The number of phosphoric acid groups is 2. The Balaban J connectivity index is 5.23. The average Bonchev–Trinajstić information content (AvgIpc) is 1.03. The van der Waals surface area contributed by atoms with E-state index in [1.165, 1.54) is 199 Å². The third-order valence-electron chi connectivity index (χ3n) is 18.5. The molecule has 0 saturated heterocycles. The minimum absolute atomic E-state index is 0.102. The number of aliphatic hydroxyl groups excluding tert-OH is 1. The zero-order valence-corrected chi connectivity index (χ0v) is 65.9. The van der Waals surface area contributed by atoms with Gasteiger partial charge in [0.2, 0.25) is 0 Å². The first-order valence-electron chi connectivity index (χ1n) is 41.0. The number of rotatable bonds is 78. The van der Waals surface area contributed by atoms with Gasteiger partial charge in [-0.05, 0) is 57.3 Å². The minimum atomic E-state index is -4.97. The first kappa shape index (κ1) is 96.5. The number of carbonyl (C=O) groups is 4. The van der Waals surface area contributed by atoms with E-state index in [4.69, 9.17) is 37.0 Å². The van der Waals surface area contributed by atoms with Crippen molar-refractivity contribution in [2.75, 3.05) is 39.6 Å². The summed E-state index contributed by atoms with van der Waals surface area (Å²) in [5, 5.41) is 10.6. The Labute approximate surface area is 605 Å². The predicted octanol–water partition coefficient (Wildman–Crippen LogP) is 23.6. The fourth-order valence-corrected chi connectivity index (χ4v) is 13.4. The first-order valence-corrected chi connectivity index (χ1v) is 44.0. The average molecular weight is 1450 g/mol. The van der Waals surface area contributed by atoms with Gasteiger partial charge in [-0.2, -0.15) is 0 Å². The Bertz CT molecular complexity index is 1990. The van der Waals surface area contributed by atoms with Crippen LogP contribution in [0.5, 0.6) is 0 Å². The summed E-state index contributed by atoms with van der Waals surface area (Å²) in [7, 11) is -9.93. The topological polar surface area (TPSA) is 237 Å². The molecule has 3 N–H and O–H groups in total. The highest BCUT2D eigenvalue weighted by atomic mass is 31.2. The van der Waals surface area contributed by atoms with E-state index in [0.717, 1.165) is 121 Å². The van der Waals surface area contributed by atoms with Crippen LogP contribution in [0.2, 0.25) is 0 Å². The lowest BCUT2D eigenvalue weighted by atomic mass is 10.00. The molecule has 6 atom stereocenters. The van der Waals surface area contributed by atoms with E-state index in [0.29, 0.717) is 25.7 Å². The number of carbonyl (C=O) groups excluding carboxylic acids is 4. The molecular weight excluding hydrogens is 1290 g/mol. The molecule has 0 spiro atoms. The van der Waals surface area contributed by atoms with Gasteiger partial charge in [-0.15, -0.1) is 0 Å². The monoisotopic (exact) mass is 1450 g/mol. The molecule has 0 aromatic heterocycles. The van der Waals surface area contributed by atoms with Crippen molar-refractivity contribution in [3.05, 3.63) is 24.3 Å². The number of ether oxygens (including phenoxy) is 4. The number of phosphoric ester groups is 2. The number of aliphatic hydroxyl groups is 1. The van der Waals surface area contributed by atoms with Crippen molar-refractivity contribution in [2.45, 2.75) is 419 Å². The summed E-state index contributed by atoms with van der Waals surface area (Å²) >= 11 is 0. The Kier molecular flexibility index (Phi) is 70.7. The van der Waals surface area contributed by atoms with Gasteiger partial charge in [0.1, 0.15) is 19.3 Å². The fourth-order valence-electron chi connectivity index (χ4n) is 11.8. The molecule has 0 bridgehead atoms. The minimum Gasteiger partial charge on any atom is -0.462 e. The van der Waals surface area contributed by atoms with E-state index in [9.17, 15) is 43.2 Å². The largest absolute Gasteiger partial charge is 0.472 e. The van der Waals surface area contributed by atoms with Crippen LogP contribution in [0.4, 0.5) is 0 Å². The van der Waals surface area contributed by atoms with Crippen molar-refractivity contribution in [3.63, 3.8) is 0 Å². The lowest BCUT2D eigenvalue weighted by molar-refractivity contribution is -0.161. The van der Waals surface area contributed by atoms with E-state index < -0.39 is 97.5 Å². The summed E-state index contributed by atoms with van der Waals surface area (Å²) in [6.07, 6.45) is 66.2. The molecule has 0 radical (unpaired) electrons. The molecule has 0 heterocycles. The van der Waals surface area contributed by atoms with Crippen LogP contribution in [0, 0.1) is 5.92 Å². The van der Waals surface area contributed by atoms with Gasteiger partial charge in [0, 0.05) is 25.7 Å². The molecule has 99 heavy (non-hydrogen) atoms. The van der Waals surface area contributed by atoms with Gasteiger partial charge in [0.05, 0.1) is 26.4 Å². The van der Waals surface area contributed by atoms with Crippen LogP contribution in [-0.4, -0.2) is 96.7 Å². The summed E-state index contributed by atoms with van der Waals surface area (Å²) in [4.78, 5) is 72.9. The molecule has 0 fully saturated rings. The maximum absolute atomic E-state index is 13.1. The number of hydrogen-bond donors (Lipinski definition) is 3.